The number of esters is 2. The number of benzene rings is 1. The highest BCUT2D eigenvalue weighted by Crippen LogP contribution is 2.00. The summed E-state index contributed by atoms with van der Waals surface area (Å²) in [6.45, 7) is -0.0451. The van der Waals surface area contributed by atoms with Crippen LogP contribution < -0.4 is 0 Å². The van der Waals surface area contributed by atoms with Crippen LogP contribution in [0.4, 0.5) is 0 Å². The van der Waals surface area contributed by atoms with Crippen molar-refractivity contribution < 1.29 is 23.8 Å². The van der Waals surface area contributed by atoms with E-state index in [9.17, 15) is 9.59 Å². The number of hydrogen-bond donors (Lipinski definition) is 0. The minimum Gasteiger partial charge on any atom is -0.460 e. The fraction of sp³-hybridized carbons (Fsp3) is 0.333. The lowest BCUT2D eigenvalue weighted by molar-refractivity contribution is -0.148. The van der Waals surface area contributed by atoms with Gasteiger partial charge in [0.2, 0.25) is 0 Å². The average Bonchev–Trinajstić information content (AvgIpc) is 2.36. The zero-order valence-electron chi connectivity index (χ0n) is 9.55. The highest BCUT2D eigenvalue weighted by Gasteiger charge is 2.06. The largest absolute Gasteiger partial charge is 0.460 e. The molecule has 0 heterocycles. The summed E-state index contributed by atoms with van der Waals surface area (Å²) in [6.07, 6.45) is 0. The Kier molecular flexibility index (Phi) is 5.74. The maximum atomic E-state index is 11.4. The molecule has 17 heavy (non-hydrogen) atoms. The van der Waals surface area contributed by atoms with Crippen molar-refractivity contribution in [2.75, 3.05) is 26.9 Å². The Bertz CT molecular complexity index is 360. The lowest BCUT2D eigenvalue weighted by atomic mass is 10.2. The van der Waals surface area contributed by atoms with Crippen LogP contribution in [0.5, 0.6) is 0 Å². The summed E-state index contributed by atoms with van der Waals surface area (Å²) in [5, 5.41) is 0. The molecule has 0 aromatic heterocycles. The topological polar surface area (TPSA) is 61.8 Å². The van der Waals surface area contributed by atoms with Crippen LogP contribution in [-0.2, 0) is 19.0 Å². The van der Waals surface area contributed by atoms with Gasteiger partial charge in [-0.05, 0) is 12.1 Å². The predicted octanol–water partition coefficient (Wildman–Crippen LogP) is 1.03. The fourth-order valence-electron chi connectivity index (χ4n) is 1.11. The SMILES string of the molecule is COCC(=O)OCCOC(=O)c1ccccc1. The molecule has 5 heteroatoms. The van der Waals surface area contributed by atoms with Crippen molar-refractivity contribution in [3.05, 3.63) is 35.9 Å². The first-order valence-corrected chi connectivity index (χ1v) is 5.11. The summed E-state index contributed by atoms with van der Waals surface area (Å²) in [4.78, 5) is 22.3. The molecule has 0 bridgehead atoms. The third kappa shape index (κ3) is 5.12. The summed E-state index contributed by atoms with van der Waals surface area (Å²) < 4.78 is 14.2. The molecule has 0 saturated carbocycles. The molecule has 0 fully saturated rings. The molecule has 0 atom stereocenters. The van der Waals surface area contributed by atoms with E-state index in [0.717, 1.165) is 0 Å². The minimum atomic E-state index is -0.483. The highest BCUT2D eigenvalue weighted by molar-refractivity contribution is 5.89. The summed E-state index contributed by atoms with van der Waals surface area (Å²) in [5.74, 6) is -0.920. The number of hydrogen-bond acceptors (Lipinski definition) is 5. The van der Waals surface area contributed by atoms with Crippen molar-refractivity contribution in [1.29, 1.82) is 0 Å². The van der Waals surface area contributed by atoms with Crippen LogP contribution >= 0.6 is 0 Å². The van der Waals surface area contributed by atoms with E-state index in [2.05, 4.69) is 4.74 Å². The second-order valence-corrected chi connectivity index (χ2v) is 3.16. The minimum absolute atomic E-state index is 0.0285. The molecule has 0 spiro atoms. The van der Waals surface area contributed by atoms with Gasteiger partial charge in [-0.25, -0.2) is 9.59 Å². The molecule has 0 radical (unpaired) electrons. The van der Waals surface area contributed by atoms with Gasteiger partial charge in [-0.2, -0.15) is 0 Å². The third-order valence-electron chi connectivity index (χ3n) is 1.85. The van der Waals surface area contributed by atoms with Crippen LogP contribution in [0, 0.1) is 0 Å². The van der Waals surface area contributed by atoms with Gasteiger partial charge in [0.1, 0.15) is 19.8 Å². The van der Waals surface area contributed by atoms with Crippen LogP contribution in [0.25, 0.3) is 0 Å². The van der Waals surface area contributed by atoms with Gasteiger partial charge in [0.15, 0.2) is 0 Å². The summed E-state index contributed by atoms with van der Waals surface area (Å²) in [6, 6.07) is 8.60. The maximum absolute atomic E-state index is 11.4. The second-order valence-electron chi connectivity index (χ2n) is 3.16. The maximum Gasteiger partial charge on any atom is 0.338 e. The van der Waals surface area contributed by atoms with Crippen LogP contribution in [0.3, 0.4) is 0 Å². The molecule has 1 rings (SSSR count). The Balaban J connectivity index is 2.19. The van der Waals surface area contributed by atoms with Crippen LogP contribution in [-0.4, -0.2) is 38.9 Å². The molecular formula is C12H14O5. The molecule has 0 saturated heterocycles. The van der Waals surface area contributed by atoms with Gasteiger partial charge in [0.05, 0.1) is 5.56 Å². The smallest absolute Gasteiger partial charge is 0.338 e. The van der Waals surface area contributed by atoms with Gasteiger partial charge in [-0.1, -0.05) is 18.2 Å². The molecule has 1 aromatic carbocycles. The van der Waals surface area contributed by atoms with Gasteiger partial charge in [-0.3, -0.25) is 0 Å². The van der Waals surface area contributed by atoms with Crippen molar-refractivity contribution in [3.8, 4) is 0 Å². The number of rotatable bonds is 6. The van der Waals surface area contributed by atoms with Crippen LogP contribution in [0.15, 0.2) is 30.3 Å². The molecule has 92 valence electrons. The van der Waals surface area contributed by atoms with E-state index in [1.165, 1.54) is 7.11 Å². The lowest BCUT2D eigenvalue weighted by Gasteiger charge is -2.05. The Hall–Kier alpha value is -1.88. The Morgan fingerprint density at radius 3 is 2.35 bits per heavy atom. The fourth-order valence-corrected chi connectivity index (χ4v) is 1.11. The molecule has 0 aliphatic rings. The van der Waals surface area contributed by atoms with Gasteiger partial charge >= 0.3 is 11.9 Å². The van der Waals surface area contributed by atoms with Gasteiger partial charge in [0.25, 0.3) is 0 Å². The van der Waals surface area contributed by atoms with E-state index in [0.29, 0.717) is 5.56 Å². The number of methoxy groups -OCH3 is 1. The molecule has 5 nitrogen and oxygen atoms in total. The van der Waals surface area contributed by atoms with Crippen molar-refractivity contribution in [2.45, 2.75) is 0 Å². The highest BCUT2D eigenvalue weighted by atomic mass is 16.6. The quantitative estimate of drug-likeness (QED) is 0.547. The summed E-state index contributed by atoms with van der Waals surface area (Å²) in [5.41, 5.74) is 0.468. The lowest BCUT2D eigenvalue weighted by Crippen LogP contribution is -2.16. The first kappa shape index (κ1) is 13.2. The number of ether oxygens (including phenoxy) is 3. The average molecular weight is 238 g/mol. The van der Waals surface area contributed by atoms with E-state index in [1.54, 1.807) is 24.3 Å². The zero-order chi connectivity index (χ0) is 12.5. The van der Waals surface area contributed by atoms with E-state index >= 15 is 0 Å². The zero-order valence-corrected chi connectivity index (χ0v) is 9.55. The molecule has 0 aliphatic heterocycles. The van der Waals surface area contributed by atoms with Crippen LogP contribution in [0.2, 0.25) is 0 Å². The van der Waals surface area contributed by atoms with Gasteiger partial charge in [0, 0.05) is 7.11 Å². The van der Waals surface area contributed by atoms with E-state index in [4.69, 9.17) is 9.47 Å². The van der Waals surface area contributed by atoms with E-state index in [1.807, 2.05) is 6.07 Å². The van der Waals surface area contributed by atoms with Crippen LogP contribution in [0.1, 0.15) is 10.4 Å². The third-order valence-corrected chi connectivity index (χ3v) is 1.85. The standard InChI is InChI=1S/C12H14O5/c1-15-9-11(13)16-7-8-17-12(14)10-5-3-2-4-6-10/h2-6H,7-9H2,1H3. The summed E-state index contributed by atoms with van der Waals surface area (Å²) >= 11 is 0. The Morgan fingerprint density at radius 1 is 1.06 bits per heavy atom. The molecule has 0 unspecified atom stereocenters. The number of carbonyl (C=O) groups is 2. The molecule has 1 aromatic rings. The monoisotopic (exact) mass is 238 g/mol. The molecule has 0 N–H and O–H groups in total. The Morgan fingerprint density at radius 2 is 1.71 bits per heavy atom. The first-order chi connectivity index (χ1) is 8.24. The van der Waals surface area contributed by atoms with Crippen molar-refractivity contribution in [1.82, 2.24) is 0 Å². The Labute approximate surface area is 99.3 Å². The molecular weight excluding hydrogens is 224 g/mol. The van der Waals surface area contributed by atoms with E-state index < -0.39 is 11.9 Å². The van der Waals surface area contributed by atoms with Gasteiger partial charge in [-0.15, -0.1) is 0 Å². The van der Waals surface area contributed by atoms with Crippen molar-refractivity contribution in [2.24, 2.45) is 0 Å². The predicted molar refractivity (Wildman–Crippen MR) is 59.6 cm³/mol. The molecule has 0 amide bonds. The van der Waals surface area contributed by atoms with Crippen molar-refractivity contribution >= 4 is 11.9 Å². The van der Waals surface area contributed by atoms with Crippen molar-refractivity contribution in [3.63, 3.8) is 0 Å². The first-order valence-electron chi connectivity index (χ1n) is 5.11. The number of carbonyl (C=O) groups excluding carboxylic acids is 2. The molecule has 0 aliphatic carbocycles. The normalized spacial score (nSPS) is 9.71. The van der Waals surface area contributed by atoms with Gasteiger partial charge < -0.3 is 14.2 Å². The van der Waals surface area contributed by atoms with E-state index in [-0.39, 0.29) is 19.8 Å². The summed E-state index contributed by atoms with van der Waals surface area (Å²) in [7, 11) is 1.40. The second kappa shape index (κ2) is 7.40.